The molecule has 0 nitrogen and oxygen atoms in total. The third kappa shape index (κ3) is 11.3. The van der Waals surface area contributed by atoms with Gasteiger partial charge in [-0.2, -0.15) is 0 Å². The number of hydrogen-bond donors (Lipinski definition) is 0. The van der Waals surface area contributed by atoms with E-state index in [0.29, 0.717) is 0 Å². The van der Waals surface area contributed by atoms with Gasteiger partial charge >= 0.3 is 0 Å². The predicted molar refractivity (Wildman–Crippen MR) is 53.3 cm³/mol. The van der Waals surface area contributed by atoms with E-state index in [0.717, 1.165) is 6.42 Å². The summed E-state index contributed by atoms with van der Waals surface area (Å²) in [6, 6.07) is 0. The van der Waals surface area contributed by atoms with Crippen molar-refractivity contribution in [2.24, 2.45) is 0 Å². The smallest absolute Gasteiger partial charge is 0.0654 e. The molecule has 0 aliphatic rings. The van der Waals surface area contributed by atoms with Crippen molar-refractivity contribution in [1.82, 2.24) is 0 Å². The van der Waals surface area contributed by atoms with E-state index >= 15 is 0 Å². The highest BCUT2D eigenvalue weighted by Crippen LogP contribution is 2.05. The largest absolute Gasteiger partial charge is 0.187 e. The van der Waals surface area contributed by atoms with Crippen LogP contribution in [-0.4, -0.2) is 17.4 Å². The summed E-state index contributed by atoms with van der Waals surface area (Å²) < 4.78 is 0. The van der Waals surface area contributed by atoms with Gasteiger partial charge in [-0.05, 0) is 0 Å². The highest BCUT2D eigenvalue weighted by Gasteiger charge is 1.85. The number of rotatable bonds is 6. The van der Waals surface area contributed by atoms with Crippen molar-refractivity contribution >= 4 is 17.4 Å². The molecule has 0 N–H and O–H groups in total. The Kier molecular flexibility index (Phi) is 16.1. The van der Waals surface area contributed by atoms with Gasteiger partial charge in [0, 0.05) is 0 Å². The molecule has 0 heterocycles. The predicted octanol–water partition coefficient (Wildman–Crippen LogP) is 2.39. The molecule has 0 spiro atoms. The zero-order valence-electron chi connectivity index (χ0n) is 6.66. The van der Waals surface area contributed by atoms with E-state index in [1.807, 2.05) is 0 Å². The first-order valence-electron chi connectivity index (χ1n) is 4.21. The monoisotopic (exact) mass is 157 g/mol. The highest BCUT2D eigenvalue weighted by molar-refractivity contribution is 5.75. The van der Waals surface area contributed by atoms with Gasteiger partial charge in [0.15, 0.2) is 17.4 Å². The van der Waals surface area contributed by atoms with Gasteiger partial charge in [0.05, 0.1) is 0 Å². The van der Waals surface area contributed by atoms with Gasteiger partial charge in [0.1, 0.15) is 0 Å². The Morgan fingerprint density at radius 3 is 1.90 bits per heavy atom. The Morgan fingerprint density at radius 1 is 0.900 bits per heavy atom. The molecule has 0 amide bonds. The molecule has 1 heteroatoms. The molecule has 0 aromatic carbocycles. The summed E-state index contributed by atoms with van der Waals surface area (Å²) in [5.74, 6) is 0. The number of hydrogen-bond acceptors (Lipinski definition) is 0. The fourth-order valence-corrected chi connectivity index (χ4v) is 0.957. The molecule has 0 aromatic heterocycles. The fraction of sp³-hybridized carbons (Fsp3) is 0.889. The zero-order valence-corrected chi connectivity index (χ0v) is 6.66. The van der Waals surface area contributed by atoms with Gasteiger partial charge in [0.2, 0.25) is 0 Å². The molecule has 10 heavy (non-hydrogen) atoms. The molecule has 0 unspecified atom stereocenters. The minimum Gasteiger partial charge on any atom is -0.0654 e. The van der Waals surface area contributed by atoms with E-state index < -0.39 is 0 Å². The zero-order chi connectivity index (χ0) is 6.95. The van der Waals surface area contributed by atoms with Crippen molar-refractivity contribution in [2.75, 3.05) is 0 Å². The van der Waals surface area contributed by atoms with Gasteiger partial charge < -0.3 is 0 Å². The molecule has 0 saturated heterocycles. The van der Waals surface area contributed by atoms with Crippen LogP contribution in [-0.2, 0) is 0 Å². The topological polar surface area (TPSA) is 0 Å². The maximum atomic E-state index is 3.80. The van der Waals surface area contributed by atoms with Crippen molar-refractivity contribution in [3.05, 3.63) is 6.92 Å². The van der Waals surface area contributed by atoms with Crippen LogP contribution in [0.2, 0.25) is 0 Å². The summed E-state index contributed by atoms with van der Waals surface area (Å²) in [6.45, 7) is 6.05. The van der Waals surface area contributed by atoms with Crippen LogP contribution < -0.4 is 0 Å². The van der Waals surface area contributed by atoms with Gasteiger partial charge in [-0.25, -0.2) is 0 Å². The van der Waals surface area contributed by atoms with Gasteiger partial charge in [0.25, 0.3) is 0 Å². The average molecular weight is 157 g/mol. The Morgan fingerprint density at radius 2 is 1.40 bits per heavy atom. The lowest BCUT2D eigenvalue weighted by atomic mass is 10.1. The first-order chi connectivity index (χ1) is 4.41. The lowest BCUT2D eigenvalue weighted by Crippen LogP contribution is -1.76. The summed E-state index contributed by atoms with van der Waals surface area (Å²) in [4.78, 5) is 0. The maximum absolute atomic E-state index is 3.80. The molecule has 0 aliphatic heterocycles. The molecule has 61 valence electrons. The molecule has 0 saturated carbocycles. The second-order valence-corrected chi connectivity index (χ2v) is 2.62. The van der Waals surface area contributed by atoms with E-state index in [9.17, 15) is 0 Å². The molecular weight excluding hydrogens is 135 g/mol. The van der Waals surface area contributed by atoms with Crippen LogP contribution in [0.5, 0.6) is 0 Å². The van der Waals surface area contributed by atoms with Gasteiger partial charge in [-0.15, -0.1) is 0 Å². The number of unbranched alkanes of at least 4 members (excludes halogenated alkanes) is 6. The highest BCUT2D eigenvalue weighted by atomic mass is 27.0. The second-order valence-electron chi connectivity index (χ2n) is 2.62. The lowest BCUT2D eigenvalue weighted by molar-refractivity contribution is 0.611. The van der Waals surface area contributed by atoms with Gasteiger partial charge in [-0.1, -0.05) is 58.8 Å². The SMILES string of the molecule is [AlH3].[CH2]CCCCCCCC. The Labute approximate surface area is 76.5 Å². The van der Waals surface area contributed by atoms with E-state index in [4.69, 9.17) is 0 Å². The van der Waals surface area contributed by atoms with Crippen molar-refractivity contribution < 1.29 is 0 Å². The van der Waals surface area contributed by atoms with E-state index in [2.05, 4.69) is 13.8 Å². The first kappa shape index (κ1) is 13.1. The van der Waals surface area contributed by atoms with Gasteiger partial charge in [-0.3, -0.25) is 0 Å². The van der Waals surface area contributed by atoms with Crippen LogP contribution in [0.1, 0.15) is 51.9 Å². The van der Waals surface area contributed by atoms with E-state index in [1.165, 1.54) is 38.5 Å². The molecule has 0 aromatic rings. The lowest BCUT2D eigenvalue weighted by Gasteiger charge is -1.95. The Balaban J connectivity index is 0. The molecular formula is C9H22Al. The summed E-state index contributed by atoms with van der Waals surface area (Å²) in [7, 11) is 0. The maximum Gasteiger partial charge on any atom is 0.187 e. The second kappa shape index (κ2) is 12.2. The third-order valence-electron chi connectivity index (χ3n) is 1.60. The van der Waals surface area contributed by atoms with Crippen LogP contribution in [0.15, 0.2) is 0 Å². The molecule has 0 bridgehead atoms. The summed E-state index contributed by atoms with van der Waals surface area (Å²) in [6.07, 6.45) is 9.45. The average Bonchev–Trinajstić information content (AvgIpc) is 1.89. The first-order valence-corrected chi connectivity index (χ1v) is 4.21. The van der Waals surface area contributed by atoms with Crippen LogP contribution in [0.25, 0.3) is 0 Å². The normalized spacial score (nSPS) is 9.00. The quantitative estimate of drug-likeness (QED) is 0.410. The van der Waals surface area contributed by atoms with Crippen LogP contribution in [0, 0.1) is 6.92 Å². The van der Waals surface area contributed by atoms with Crippen LogP contribution >= 0.6 is 0 Å². The standard InChI is InChI=1S/C9H19.Al.3H/c1-3-5-7-9-8-6-4-2;;;;/h1,3-9H2,2H3;;;;. The minimum atomic E-state index is 0. The Hall–Kier alpha value is 0.532. The molecule has 0 rings (SSSR count). The van der Waals surface area contributed by atoms with Crippen LogP contribution in [0.3, 0.4) is 0 Å². The third-order valence-corrected chi connectivity index (χ3v) is 1.60. The Bertz CT molecular complexity index is 38.0. The van der Waals surface area contributed by atoms with Crippen molar-refractivity contribution in [3.8, 4) is 0 Å². The van der Waals surface area contributed by atoms with Crippen molar-refractivity contribution in [3.63, 3.8) is 0 Å². The molecule has 0 aliphatic carbocycles. The van der Waals surface area contributed by atoms with E-state index in [1.54, 1.807) is 0 Å². The fourth-order valence-electron chi connectivity index (χ4n) is 0.957. The van der Waals surface area contributed by atoms with E-state index in [-0.39, 0.29) is 17.4 Å². The molecule has 0 atom stereocenters. The van der Waals surface area contributed by atoms with Crippen LogP contribution in [0.4, 0.5) is 0 Å². The molecule has 0 fully saturated rings. The molecule has 1 radical (unpaired) electrons. The summed E-state index contributed by atoms with van der Waals surface area (Å²) in [5, 5.41) is 0. The van der Waals surface area contributed by atoms with Crippen molar-refractivity contribution in [2.45, 2.75) is 51.9 Å². The summed E-state index contributed by atoms with van der Waals surface area (Å²) in [5.41, 5.74) is 0. The summed E-state index contributed by atoms with van der Waals surface area (Å²) >= 11 is 0. The van der Waals surface area contributed by atoms with Crippen molar-refractivity contribution in [1.29, 1.82) is 0 Å². The minimum absolute atomic E-state index is 0.